The normalized spacial score (nSPS) is 13.8. The molecule has 0 aliphatic carbocycles. The van der Waals surface area contributed by atoms with Gasteiger partial charge in [0.15, 0.2) is 8.03 Å². The lowest BCUT2D eigenvalue weighted by Gasteiger charge is -2.23. The summed E-state index contributed by atoms with van der Waals surface area (Å²) < 4.78 is 22.4. The molecule has 0 aromatic heterocycles. The van der Waals surface area contributed by atoms with Crippen molar-refractivity contribution in [3.63, 3.8) is 0 Å². The van der Waals surface area contributed by atoms with Crippen molar-refractivity contribution in [2.75, 3.05) is 47.1 Å². The van der Waals surface area contributed by atoms with Gasteiger partial charge in [-0.05, 0) is 13.3 Å². The third kappa shape index (κ3) is 11.8. The molecule has 0 amide bonds. The second kappa shape index (κ2) is 9.31. The second-order valence-corrected chi connectivity index (χ2v) is 6.54. The van der Waals surface area contributed by atoms with Crippen LogP contribution in [-0.4, -0.2) is 57.5 Å². The lowest BCUT2D eigenvalue weighted by Crippen LogP contribution is -2.37. The molecule has 0 saturated heterocycles. The monoisotopic (exact) mass is 278 g/mol. The highest BCUT2D eigenvalue weighted by Gasteiger charge is 2.08. The van der Waals surface area contributed by atoms with Crippen LogP contribution in [0.5, 0.6) is 0 Å². The van der Waals surface area contributed by atoms with E-state index in [0.717, 1.165) is 11.0 Å². The highest BCUT2D eigenvalue weighted by molar-refractivity contribution is 7.39. The first-order chi connectivity index (χ1) is 8.35. The standard InChI is InChI=1S/C12H25NO4P/c1-5-7-12(14)16-9-6-11-18(15)17-10-8-13(2,3)4/h5,7,18H,6,8-11H2,1-4H3/q+1. The Labute approximate surface area is 110 Å². The van der Waals surface area contributed by atoms with Gasteiger partial charge < -0.3 is 13.7 Å². The van der Waals surface area contributed by atoms with E-state index in [4.69, 9.17) is 9.26 Å². The minimum Gasteiger partial charge on any atom is -0.463 e. The zero-order valence-corrected chi connectivity index (χ0v) is 12.8. The predicted molar refractivity (Wildman–Crippen MR) is 73.1 cm³/mol. The molecule has 0 aliphatic rings. The smallest absolute Gasteiger partial charge is 0.330 e. The number of esters is 1. The fourth-order valence-corrected chi connectivity index (χ4v) is 1.98. The highest BCUT2D eigenvalue weighted by atomic mass is 31.1. The number of quaternary nitrogens is 1. The summed E-state index contributed by atoms with van der Waals surface area (Å²) >= 11 is 0. The van der Waals surface area contributed by atoms with Crippen LogP contribution in [0.1, 0.15) is 13.3 Å². The van der Waals surface area contributed by atoms with Crippen LogP contribution >= 0.6 is 8.03 Å². The Hall–Kier alpha value is -0.640. The van der Waals surface area contributed by atoms with Crippen LogP contribution in [-0.2, 0) is 18.6 Å². The Morgan fingerprint density at radius 3 is 2.50 bits per heavy atom. The van der Waals surface area contributed by atoms with E-state index >= 15 is 0 Å². The van der Waals surface area contributed by atoms with Gasteiger partial charge in [-0.1, -0.05) is 6.08 Å². The van der Waals surface area contributed by atoms with Crippen LogP contribution in [0, 0.1) is 0 Å². The largest absolute Gasteiger partial charge is 0.463 e. The van der Waals surface area contributed by atoms with Gasteiger partial charge in [0.2, 0.25) is 0 Å². The van der Waals surface area contributed by atoms with Crippen LogP contribution in [0.4, 0.5) is 0 Å². The molecule has 106 valence electrons. The summed E-state index contributed by atoms with van der Waals surface area (Å²) in [4.78, 5) is 11.0. The van der Waals surface area contributed by atoms with E-state index in [9.17, 15) is 9.36 Å². The summed E-state index contributed by atoms with van der Waals surface area (Å²) in [5.41, 5.74) is 0. The molecule has 0 heterocycles. The fraction of sp³-hybridized carbons (Fsp3) is 0.750. The van der Waals surface area contributed by atoms with Gasteiger partial charge in [-0.2, -0.15) is 0 Å². The van der Waals surface area contributed by atoms with Crippen LogP contribution in [0.25, 0.3) is 0 Å². The van der Waals surface area contributed by atoms with Crippen molar-refractivity contribution < 1.29 is 23.1 Å². The molecular weight excluding hydrogens is 253 g/mol. The molecule has 0 N–H and O–H groups in total. The van der Waals surface area contributed by atoms with E-state index in [1.54, 1.807) is 13.0 Å². The number of carbonyl (C=O) groups is 1. The molecule has 0 radical (unpaired) electrons. The summed E-state index contributed by atoms with van der Waals surface area (Å²) in [6.45, 7) is 3.37. The molecule has 0 bridgehead atoms. The lowest BCUT2D eigenvalue weighted by atomic mass is 10.5. The van der Waals surface area contributed by atoms with Crippen molar-refractivity contribution in [1.29, 1.82) is 0 Å². The van der Waals surface area contributed by atoms with Gasteiger partial charge in [0.05, 0.1) is 27.7 Å². The summed E-state index contributed by atoms with van der Waals surface area (Å²) in [6.07, 6.45) is 4.02. The van der Waals surface area contributed by atoms with Gasteiger partial charge in [0, 0.05) is 12.2 Å². The maximum atomic E-state index is 11.5. The topological polar surface area (TPSA) is 52.6 Å². The molecule has 0 saturated carbocycles. The van der Waals surface area contributed by atoms with Crippen LogP contribution < -0.4 is 0 Å². The van der Waals surface area contributed by atoms with Gasteiger partial charge in [0.1, 0.15) is 13.2 Å². The van der Waals surface area contributed by atoms with Crippen molar-refractivity contribution in [3.8, 4) is 0 Å². The number of allylic oxidation sites excluding steroid dienone is 1. The summed E-state index contributed by atoms with van der Waals surface area (Å²) in [7, 11) is 4.18. The van der Waals surface area contributed by atoms with Crippen LogP contribution in [0.15, 0.2) is 12.2 Å². The van der Waals surface area contributed by atoms with Gasteiger partial charge in [0.25, 0.3) is 0 Å². The SMILES string of the molecule is CC=CC(=O)OCCC[PH](=O)OCC[N+](C)(C)C. The van der Waals surface area contributed by atoms with Crippen molar-refractivity contribution >= 4 is 14.0 Å². The van der Waals surface area contributed by atoms with Crippen molar-refractivity contribution in [2.45, 2.75) is 13.3 Å². The number of carbonyl (C=O) groups excluding carboxylic acids is 1. The number of nitrogens with zero attached hydrogens (tertiary/aromatic N) is 1. The van der Waals surface area contributed by atoms with E-state index in [1.165, 1.54) is 6.08 Å². The molecule has 0 rings (SSSR count). The summed E-state index contributed by atoms with van der Waals surface area (Å²) in [6, 6.07) is 0. The highest BCUT2D eigenvalue weighted by Crippen LogP contribution is 2.22. The Morgan fingerprint density at radius 2 is 1.94 bits per heavy atom. The Morgan fingerprint density at radius 1 is 1.28 bits per heavy atom. The van der Waals surface area contributed by atoms with Crippen molar-refractivity contribution in [3.05, 3.63) is 12.2 Å². The molecule has 5 nitrogen and oxygen atoms in total. The predicted octanol–water partition coefficient (Wildman–Crippen LogP) is 1.69. The Bertz CT molecular complexity index is 297. The number of ether oxygens (including phenoxy) is 1. The molecule has 0 aromatic carbocycles. The maximum absolute atomic E-state index is 11.5. The first-order valence-electron chi connectivity index (χ1n) is 6.10. The maximum Gasteiger partial charge on any atom is 0.330 e. The molecule has 0 fully saturated rings. The third-order valence-electron chi connectivity index (χ3n) is 2.10. The molecule has 0 spiro atoms. The average Bonchev–Trinajstić information content (AvgIpc) is 2.23. The summed E-state index contributed by atoms with van der Waals surface area (Å²) in [5, 5.41) is 0. The van der Waals surface area contributed by atoms with Gasteiger partial charge >= 0.3 is 5.97 Å². The minimum absolute atomic E-state index is 0.290. The van der Waals surface area contributed by atoms with Gasteiger partial charge in [-0.3, -0.25) is 4.57 Å². The van der Waals surface area contributed by atoms with Crippen molar-refractivity contribution in [1.82, 2.24) is 0 Å². The Balaban J connectivity index is 3.51. The quantitative estimate of drug-likeness (QED) is 0.212. The van der Waals surface area contributed by atoms with Crippen LogP contribution in [0.2, 0.25) is 0 Å². The second-order valence-electron chi connectivity index (χ2n) is 5.01. The molecule has 1 atom stereocenters. The van der Waals surface area contributed by atoms with E-state index in [1.807, 2.05) is 0 Å². The summed E-state index contributed by atoms with van der Waals surface area (Å²) in [5.74, 6) is -0.358. The number of hydrogen-bond donors (Lipinski definition) is 0. The van der Waals surface area contributed by atoms with Gasteiger partial charge in [-0.15, -0.1) is 0 Å². The first-order valence-corrected chi connectivity index (χ1v) is 7.63. The van der Waals surface area contributed by atoms with Crippen LogP contribution in [0.3, 0.4) is 0 Å². The Kier molecular flexibility index (Phi) is 8.98. The van der Waals surface area contributed by atoms with Crippen molar-refractivity contribution in [2.24, 2.45) is 0 Å². The van der Waals surface area contributed by atoms with E-state index < -0.39 is 8.03 Å². The van der Waals surface area contributed by atoms with E-state index in [0.29, 0.717) is 19.2 Å². The first kappa shape index (κ1) is 17.4. The molecule has 0 aliphatic heterocycles. The molecular formula is C12H25NO4P+. The number of rotatable bonds is 9. The third-order valence-corrected chi connectivity index (χ3v) is 3.39. The average molecular weight is 278 g/mol. The fourth-order valence-electron chi connectivity index (χ4n) is 1.08. The van der Waals surface area contributed by atoms with E-state index in [-0.39, 0.29) is 12.6 Å². The molecule has 6 heteroatoms. The zero-order valence-electron chi connectivity index (χ0n) is 11.8. The van der Waals surface area contributed by atoms with Gasteiger partial charge in [-0.25, -0.2) is 4.79 Å². The lowest BCUT2D eigenvalue weighted by molar-refractivity contribution is -0.870. The number of hydrogen-bond acceptors (Lipinski definition) is 4. The molecule has 18 heavy (non-hydrogen) atoms. The zero-order chi connectivity index (χ0) is 14.0. The minimum atomic E-state index is -1.99. The number of likely N-dealkylation sites (N-methyl/N-ethyl adjacent to an activating group) is 1. The molecule has 1 unspecified atom stereocenters. The molecule has 0 aromatic rings. The van der Waals surface area contributed by atoms with E-state index in [2.05, 4.69) is 21.1 Å².